The molecule has 1 heterocycles. The highest BCUT2D eigenvalue weighted by Crippen LogP contribution is 2.32. The predicted octanol–water partition coefficient (Wildman–Crippen LogP) is 5.68. The second-order valence-electron chi connectivity index (χ2n) is 7.46. The van der Waals surface area contributed by atoms with Crippen molar-refractivity contribution >= 4 is 11.5 Å². The lowest BCUT2D eigenvalue weighted by atomic mass is 9.94. The Hall–Kier alpha value is -1.78. The maximum absolute atomic E-state index is 12.9. The van der Waals surface area contributed by atoms with E-state index in [9.17, 15) is 18.0 Å². The maximum Gasteiger partial charge on any atom is 0.416 e. The van der Waals surface area contributed by atoms with Crippen molar-refractivity contribution in [3.05, 3.63) is 41.5 Å². The summed E-state index contributed by atoms with van der Waals surface area (Å²) in [6.07, 6.45) is 6.08. The highest BCUT2D eigenvalue weighted by Gasteiger charge is 2.31. The topological polar surface area (TPSA) is 20.3 Å². The van der Waals surface area contributed by atoms with E-state index >= 15 is 0 Å². The van der Waals surface area contributed by atoms with Crippen molar-refractivity contribution in [3.63, 3.8) is 0 Å². The van der Waals surface area contributed by atoms with E-state index in [2.05, 4.69) is 0 Å². The van der Waals surface area contributed by atoms with Crippen molar-refractivity contribution in [3.8, 4) is 0 Å². The first-order valence-electron chi connectivity index (χ1n) is 9.58. The molecule has 0 N–H and O–H groups in total. The molecule has 1 aliphatic heterocycles. The van der Waals surface area contributed by atoms with Gasteiger partial charge in [-0.15, -0.1) is 0 Å². The van der Waals surface area contributed by atoms with Gasteiger partial charge in [-0.25, -0.2) is 0 Å². The number of hydrogen-bond donors (Lipinski definition) is 0. The first kappa shape index (κ1) is 19.0. The third-order valence-corrected chi connectivity index (χ3v) is 5.56. The third kappa shape index (κ3) is 4.89. The minimum Gasteiger partial charge on any atom is -0.339 e. The molecule has 1 aliphatic carbocycles. The van der Waals surface area contributed by atoms with Crippen molar-refractivity contribution in [1.29, 1.82) is 0 Å². The Morgan fingerprint density at radius 2 is 1.85 bits per heavy atom. The summed E-state index contributed by atoms with van der Waals surface area (Å²) in [7, 11) is 0. The lowest BCUT2D eigenvalue weighted by Crippen LogP contribution is -2.35. The second kappa shape index (κ2) is 8.28. The molecule has 0 aromatic heterocycles. The molecule has 3 rings (SSSR count). The van der Waals surface area contributed by atoms with Gasteiger partial charge in [-0.2, -0.15) is 13.2 Å². The van der Waals surface area contributed by atoms with Gasteiger partial charge in [-0.1, -0.05) is 43.9 Å². The standard InChI is InChI=1S/C21H26F3NO/c22-21(23,24)19-9-5-8-18(15-19)17-10-12-25(13-11-17)20(26)14-16-6-3-1-2-4-7-16/h5,8-10,15-16H,1-4,6-7,11-14H2. The summed E-state index contributed by atoms with van der Waals surface area (Å²) in [6, 6.07) is 5.46. The number of alkyl halides is 3. The fraction of sp³-hybridized carbons (Fsp3) is 0.571. The van der Waals surface area contributed by atoms with E-state index in [-0.39, 0.29) is 5.91 Å². The van der Waals surface area contributed by atoms with Crippen LogP contribution >= 0.6 is 0 Å². The number of hydrogen-bond acceptors (Lipinski definition) is 1. The molecule has 0 bridgehead atoms. The Kier molecular flexibility index (Phi) is 6.05. The molecule has 1 aromatic carbocycles. The molecule has 2 aliphatic rings. The zero-order valence-corrected chi connectivity index (χ0v) is 15.0. The molecular formula is C21H26F3NO. The fourth-order valence-electron chi connectivity index (χ4n) is 4.00. The van der Waals surface area contributed by atoms with Crippen LogP contribution in [0.1, 0.15) is 62.5 Å². The number of benzene rings is 1. The predicted molar refractivity (Wildman–Crippen MR) is 96.4 cm³/mol. The first-order valence-corrected chi connectivity index (χ1v) is 9.58. The van der Waals surface area contributed by atoms with E-state index in [4.69, 9.17) is 0 Å². The molecule has 2 nitrogen and oxygen atoms in total. The average molecular weight is 365 g/mol. The molecule has 26 heavy (non-hydrogen) atoms. The molecule has 0 radical (unpaired) electrons. The van der Waals surface area contributed by atoms with Crippen LogP contribution in [-0.2, 0) is 11.0 Å². The third-order valence-electron chi connectivity index (χ3n) is 5.56. The molecular weight excluding hydrogens is 339 g/mol. The van der Waals surface area contributed by atoms with Crippen LogP contribution < -0.4 is 0 Å². The van der Waals surface area contributed by atoms with Crippen LogP contribution in [-0.4, -0.2) is 23.9 Å². The van der Waals surface area contributed by atoms with Gasteiger partial charge in [0.1, 0.15) is 0 Å². The minimum atomic E-state index is -4.33. The van der Waals surface area contributed by atoms with Crippen molar-refractivity contribution < 1.29 is 18.0 Å². The summed E-state index contributed by atoms with van der Waals surface area (Å²) in [4.78, 5) is 14.4. The van der Waals surface area contributed by atoms with Gasteiger partial charge in [-0.05, 0) is 48.4 Å². The number of rotatable bonds is 3. The minimum absolute atomic E-state index is 0.191. The van der Waals surface area contributed by atoms with Crippen LogP contribution in [0.25, 0.3) is 5.57 Å². The van der Waals surface area contributed by atoms with Crippen LogP contribution in [0, 0.1) is 5.92 Å². The van der Waals surface area contributed by atoms with Crippen LogP contribution in [0.5, 0.6) is 0 Å². The molecule has 1 fully saturated rings. The van der Waals surface area contributed by atoms with E-state index in [1.54, 1.807) is 6.07 Å². The summed E-state index contributed by atoms with van der Waals surface area (Å²) in [6.45, 7) is 1.09. The smallest absolute Gasteiger partial charge is 0.339 e. The summed E-state index contributed by atoms with van der Waals surface area (Å²) < 4.78 is 38.6. The lowest BCUT2D eigenvalue weighted by molar-refractivity contribution is -0.137. The van der Waals surface area contributed by atoms with Gasteiger partial charge in [-0.3, -0.25) is 4.79 Å². The number of nitrogens with zero attached hydrogens (tertiary/aromatic N) is 1. The molecule has 1 aromatic rings. The normalized spacial score (nSPS) is 19.8. The Labute approximate surface area is 153 Å². The van der Waals surface area contributed by atoms with E-state index in [0.29, 0.717) is 37.4 Å². The molecule has 1 amide bonds. The quantitative estimate of drug-likeness (QED) is 0.631. The van der Waals surface area contributed by atoms with Gasteiger partial charge in [0.25, 0.3) is 0 Å². The highest BCUT2D eigenvalue weighted by atomic mass is 19.4. The maximum atomic E-state index is 12.9. The largest absolute Gasteiger partial charge is 0.416 e. The zero-order chi connectivity index (χ0) is 18.6. The first-order chi connectivity index (χ1) is 12.4. The van der Waals surface area contributed by atoms with E-state index < -0.39 is 11.7 Å². The number of amides is 1. The van der Waals surface area contributed by atoms with Gasteiger partial charge in [0.05, 0.1) is 5.56 Å². The molecule has 142 valence electrons. The van der Waals surface area contributed by atoms with Crippen molar-refractivity contribution in [2.75, 3.05) is 13.1 Å². The van der Waals surface area contributed by atoms with Gasteiger partial charge in [0.15, 0.2) is 0 Å². The summed E-state index contributed by atoms with van der Waals surface area (Å²) in [5, 5.41) is 0. The average Bonchev–Trinajstić information content (AvgIpc) is 2.90. The van der Waals surface area contributed by atoms with Crippen LogP contribution in [0.2, 0.25) is 0 Å². The lowest BCUT2D eigenvalue weighted by Gasteiger charge is -2.28. The Morgan fingerprint density at radius 1 is 1.12 bits per heavy atom. The number of carbonyl (C=O) groups is 1. The summed E-state index contributed by atoms with van der Waals surface area (Å²) in [5.74, 6) is 0.690. The van der Waals surface area contributed by atoms with E-state index in [1.807, 2.05) is 11.0 Å². The van der Waals surface area contributed by atoms with E-state index in [1.165, 1.54) is 37.8 Å². The second-order valence-corrected chi connectivity index (χ2v) is 7.46. The van der Waals surface area contributed by atoms with Gasteiger partial charge < -0.3 is 4.90 Å². The Morgan fingerprint density at radius 3 is 2.46 bits per heavy atom. The highest BCUT2D eigenvalue weighted by molar-refractivity contribution is 5.78. The molecule has 0 saturated heterocycles. The van der Waals surface area contributed by atoms with E-state index in [0.717, 1.165) is 24.5 Å². The molecule has 5 heteroatoms. The SMILES string of the molecule is O=C(CC1CCCCCC1)N1CC=C(c2cccc(C(F)(F)F)c2)CC1. The number of carbonyl (C=O) groups excluding carboxylic acids is 1. The van der Waals surface area contributed by atoms with Gasteiger partial charge in [0.2, 0.25) is 5.91 Å². The van der Waals surface area contributed by atoms with Crippen LogP contribution in [0.4, 0.5) is 13.2 Å². The zero-order valence-electron chi connectivity index (χ0n) is 15.0. The van der Waals surface area contributed by atoms with Gasteiger partial charge in [0, 0.05) is 19.5 Å². The van der Waals surface area contributed by atoms with Crippen molar-refractivity contribution in [2.45, 2.75) is 57.5 Å². The molecule has 1 saturated carbocycles. The monoisotopic (exact) mass is 365 g/mol. The number of halogens is 3. The Bertz CT molecular complexity index is 657. The molecule has 0 atom stereocenters. The van der Waals surface area contributed by atoms with Crippen molar-refractivity contribution in [1.82, 2.24) is 4.90 Å². The van der Waals surface area contributed by atoms with Gasteiger partial charge >= 0.3 is 6.18 Å². The Balaban J connectivity index is 1.60. The molecule has 0 spiro atoms. The molecule has 0 unspecified atom stereocenters. The van der Waals surface area contributed by atoms with Crippen molar-refractivity contribution in [2.24, 2.45) is 5.92 Å². The van der Waals surface area contributed by atoms with Crippen LogP contribution in [0.3, 0.4) is 0 Å². The fourth-order valence-corrected chi connectivity index (χ4v) is 4.00. The summed E-state index contributed by atoms with van der Waals surface area (Å²) in [5.41, 5.74) is 0.882. The summed E-state index contributed by atoms with van der Waals surface area (Å²) >= 11 is 0. The van der Waals surface area contributed by atoms with Crippen LogP contribution in [0.15, 0.2) is 30.3 Å².